The third-order valence-corrected chi connectivity index (χ3v) is 8.68. The van der Waals surface area contributed by atoms with E-state index in [0.29, 0.717) is 10.2 Å². The lowest BCUT2D eigenvalue weighted by molar-refractivity contribution is -0.175. The fourth-order valence-electron chi connectivity index (χ4n) is 6.15. The summed E-state index contributed by atoms with van der Waals surface area (Å²) in [5, 5.41) is 2.89. The van der Waals surface area contributed by atoms with Gasteiger partial charge in [-0.3, -0.25) is 19.7 Å². The minimum absolute atomic E-state index is 0.0821. The Morgan fingerprint density at radius 2 is 1.43 bits per heavy atom. The Kier molecular flexibility index (Phi) is 9.27. The maximum absolute atomic E-state index is 14.8. The molecular formula is C32H37BrN2O9. The molecule has 236 valence electrons. The fourth-order valence-corrected chi connectivity index (χ4v) is 6.49. The van der Waals surface area contributed by atoms with E-state index in [9.17, 15) is 24.0 Å². The van der Waals surface area contributed by atoms with E-state index in [1.165, 1.54) is 18.7 Å². The quantitative estimate of drug-likeness (QED) is 0.252. The third kappa shape index (κ3) is 5.17. The number of amides is 1. The fraction of sp³-hybridized carbons (Fsp3) is 0.469. The van der Waals surface area contributed by atoms with Gasteiger partial charge in [-0.1, -0.05) is 67.0 Å². The van der Waals surface area contributed by atoms with Crippen molar-refractivity contribution in [3.8, 4) is 0 Å². The number of carbonyl (C=O) groups is 5. The zero-order chi connectivity index (χ0) is 32.6. The van der Waals surface area contributed by atoms with Gasteiger partial charge in [0.2, 0.25) is 5.54 Å². The molecule has 0 saturated carbocycles. The first-order valence-corrected chi connectivity index (χ1v) is 15.0. The van der Waals surface area contributed by atoms with Gasteiger partial charge in [0.25, 0.3) is 5.91 Å². The monoisotopic (exact) mass is 672 g/mol. The lowest BCUT2D eigenvalue weighted by Crippen LogP contribution is -2.65. The van der Waals surface area contributed by atoms with Crippen molar-refractivity contribution in [2.24, 2.45) is 11.8 Å². The summed E-state index contributed by atoms with van der Waals surface area (Å²) in [5.74, 6) is -8.79. The normalized spacial score (nSPS) is 22.0. The molecule has 2 aliphatic rings. The van der Waals surface area contributed by atoms with Crippen molar-refractivity contribution in [3.63, 3.8) is 0 Å². The number of halogens is 1. The summed E-state index contributed by atoms with van der Waals surface area (Å²) >= 11 is 3.47. The van der Waals surface area contributed by atoms with Crippen LogP contribution in [0.2, 0.25) is 0 Å². The summed E-state index contributed by atoms with van der Waals surface area (Å²) in [4.78, 5) is 71.2. The van der Waals surface area contributed by atoms with Gasteiger partial charge < -0.3 is 23.8 Å². The first kappa shape index (κ1) is 33.1. The Balaban J connectivity index is 2.00. The molecule has 12 heteroatoms. The molecule has 0 bridgehead atoms. The number of esters is 4. The smallest absolute Gasteiger partial charge is 0.339 e. The summed E-state index contributed by atoms with van der Waals surface area (Å²) in [6, 6.07) is 12.8. The van der Waals surface area contributed by atoms with Crippen LogP contribution in [0.15, 0.2) is 46.9 Å². The SMILES string of the molecule is CCOC(=O)C1(C(=O)OCC)N[C@@]2(C(=O)N(Cc3ccc(C(C)(C)C)cc3)c3cc(Br)ccc32)[C@H](C(=O)OC)[C@H]1C(=O)OC. The van der Waals surface area contributed by atoms with E-state index < -0.39 is 52.7 Å². The molecule has 2 heterocycles. The average molecular weight is 674 g/mol. The van der Waals surface area contributed by atoms with Crippen LogP contribution in [-0.4, -0.2) is 62.8 Å². The Morgan fingerprint density at radius 3 is 1.93 bits per heavy atom. The van der Waals surface area contributed by atoms with Crippen LogP contribution in [0.5, 0.6) is 0 Å². The van der Waals surface area contributed by atoms with Gasteiger partial charge in [0.15, 0.2) is 0 Å². The number of methoxy groups -OCH3 is 2. The highest BCUT2D eigenvalue weighted by atomic mass is 79.9. The van der Waals surface area contributed by atoms with Crippen LogP contribution in [-0.2, 0) is 60.4 Å². The first-order chi connectivity index (χ1) is 20.7. The second-order valence-corrected chi connectivity index (χ2v) is 12.6. The van der Waals surface area contributed by atoms with Crippen LogP contribution in [0, 0.1) is 11.8 Å². The summed E-state index contributed by atoms with van der Waals surface area (Å²) in [7, 11) is 2.15. The largest absolute Gasteiger partial charge is 0.469 e. The van der Waals surface area contributed by atoms with Gasteiger partial charge in [-0.05, 0) is 42.5 Å². The highest BCUT2D eigenvalue weighted by molar-refractivity contribution is 9.10. The number of carbonyl (C=O) groups excluding carboxylic acids is 5. The highest BCUT2D eigenvalue weighted by Gasteiger charge is 2.79. The van der Waals surface area contributed by atoms with Gasteiger partial charge in [-0.15, -0.1) is 0 Å². The molecule has 0 radical (unpaired) electrons. The van der Waals surface area contributed by atoms with Crippen molar-refractivity contribution < 1.29 is 42.9 Å². The zero-order valence-corrected chi connectivity index (χ0v) is 27.4. The van der Waals surface area contributed by atoms with Crippen LogP contribution >= 0.6 is 15.9 Å². The predicted molar refractivity (Wildman–Crippen MR) is 162 cm³/mol. The second kappa shape index (κ2) is 12.3. The number of benzene rings is 2. The molecule has 11 nitrogen and oxygen atoms in total. The molecule has 1 spiro atoms. The van der Waals surface area contributed by atoms with Gasteiger partial charge in [0.1, 0.15) is 17.4 Å². The summed E-state index contributed by atoms with van der Waals surface area (Å²) in [6.45, 7) is 9.08. The van der Waals surface area contributed by atoms with Gasteiger partial charge >= 0.3 is 23.9 Å². The minimum Gasteiger partial charge on any atom is -0.469 e. The van der Waals surface area contributed by atoms with E-state index in [-0.39, 0.29) is 30.7 Å². The van der Waals surface area contributed by atoms with Gasteiger partial charge in [-0.25, -0.2) is 9.59 Å². The van der Waals surface area contributed by atoms with Crippen LogP contribution in [0.3, 0.4) is 0 Å². The predicted octanol–water partition coefficient (Wildman–Crippen LogP) is 3.54. The van der Waals surface area contributed by atoms with Crippen LogP contribution < -0.4 is 10.2 Å². The molecule has 0 aliphatic carbocycles. The molecule has 3 atom stereocenters. The van der Waals surface area contributed by atoms with Crippen LogP contribution in [0.25, 0.3) is 0 Å². The number of nitrogens with zero attached hydrogens (tertiary/aromatic N) is 1. The number of nitrogens with one attached hydrogen (secondary N) is 1. The standard InChI is InChI=1S/C32H37BrN2O9/c1-8-43-28(39)32(29(40)44-9-2)24(26(37)42-7)23(25(36)41-6)31(34-32)21-15-14-20(33)16-22(21)35(27(31)38)17-18-10-12-19(13-11-18)30(3,4)5/h10-16,23-24,34H,8-9,17H2,1-7H3/t23-,24-,31+/m0/s1. The number of fused-ring (bicyclic) bond motifs is 2. The molecule has 44 heavy (non-hydrogen) atoms. The Hall–Kier alpha value is -3.77. The molecule has 1 saturated heterocycles. The van der Waals surface area contributed by atoms with E-state index in [0.717, 1.165) is 25.3 Å². The van der Waals surface area contributed by atoms with Crippen LogP contribution in [0.4, 0.5) is 5.69 Å². The van der Waals surface area contributed by atoms with E-state index in [1.54, 1.807) is 18.2 Å². The topological polar surface area (TPSA) is 138 Å². The number of hydrogen-bond donors (Lipinski definition) is 1. The molecule has 1 amide bonds. The first-order valence-electron chi connectivity index (χ1n) is 14.2. The maximum Gasteiger partial charge on any atom is 0.339 e. The van der Waals surface area contributed by atoms with Gasteiger partial charge in [0.05, 0.1) is 39.7 Å². The van der Waals surface area contributed by atoms with E-state index in [2.05, 4.69) is 42.0 Å². The molecule has 2 aromatic carbocycles. The maximum atomic E-state index is 14.8. The molecule has 2 aromatic rings. The van der Waals surface area contributed by atoms with Crippen LogP contribution in [0.1, 0.15) is 51.3 Å². The number of ether oxygens (including phenoxy) is 4. The van der Waals surface area contributed by atoms with Crippen molar-refractivity contribution in [2.75, 3.05) is 32.3 Å². The Labute approximate surface area is 264 Å². The minimum atomic E-state index is -2.62. The summed E-state index contributed by atoms with van der Waals surface area (Å²) in [5.41, 5.74) is -2.28. The van der Waals surface area contributed by atoms with Gasteiger partial charge in [-0.2, -0.15) is 0 Å². The van der Waals surface area contributed by atoms with Crippen molar-refractivity contribution in [2.45, 2.75) is 57.7 Å². The number of anilines is 1. The number of rotatable bonds is 8. The lowest BCUT2D eigenvalue weighted by atomic mass is 9.72. The molecule has 0 aromatic heterocycles. The molecule has 1 fully saturated rings. The molecule has 4 rings (SSSR count). The Bertz CT molecular complexity index is 1470. The van der Waals surface area contributed by atoms with Crippen molar-refractivity contribution >= 4 is 51.4 Å². The van der Waals surface area contributed by atoms with E-state index >= 15 is 0 Å². The third-order valence-electron chi connectivity index (χ3n) is 8.18. The highest BCUT2D eigenvalue weighted by Crippen LogP contribution is 2.56. The van der Waals surface area contributed by atoms with Gasteiger partial charge in [0, 0.05) is 10.0 Å². The average Bonchev–Trinajstić information content (AvgIpc) is 3.43. The lowest BCUT2D eigenvalue weighted by Gasteiger charge is -2.31. The summed E-state index contributed by atoms with van der Waals surface area (Å²) in [6.07, 6.45) is 0. The summed E-state index contributed by atoms with van der Waals surface area (Å²) < 4.78 is 21.4. The molecule has 1 N–H and O–H groups in total. The molecule has 2 aliphatic heterocycles. The van der Waals surface area contributed by atoms with E-state index in [1.807, 2.05) is 24.3 Å². The van der Waals surface area contributed by atoms with Crippen molar-refractivity contribution in [1.82, 2.24) is 5.32 Å². The molecule has 0 unspecified atom stereocenters. The Morgan fingerprint density at radius 1 is 0.886 bits per heavy atom. The van der Waals surface area contributed by atoms with E-state index in [4.69, 9.17) is 18.9 Å². The second-order valence-electron chi connectivity index (χ2n) is 11.7. The van der Waals surface area contributed by atoms with Crippen molar-refractivity contribution in [3.05, 3.63) is 63.6 Å². The molecular weight excluding hydrogens is 636 g/mol. The van der Waals surface area contributed by atoms with Crippen molar-refractivity contribution in [1.29, 1.82) is 0 Å². The zero-order valence-electron chi connectivity index (χ0n) is 25.8. The number of hydrogen-bond acceptors (Lipinski definition) is 10.